The molecule has 1 aliphatic carbocycles. The lowest BCUT2D eigenvalue weighted by molar-refractivity contribution is -0.787. The summed E-state index contributed by atoms with van der Waals surface area (Å²) in [5.74, 6) is -0.443. The summed E-state index contributed by atoms with van der Waals surface area (Å²) < 4.78 is 0. The molecule has 1 atom stereocenters. The highest BCUT2D eigenvalue weighted by molar-refractivity contribution is 6.64. The molecule has 1 heterocycles. The van der Waals surface area contributed by atoms with E-state index in [0.29, 0.717) is 11.1 Å². The van der Waals surface area contributed by atoms with Gasteiger partial charge in [-0.05, 0) is 27.7 Å². The van der Waals surface area contributed by atoms with Gasteiger partial charge in [0.2, 0.25) is 5.78 Å². The molecule has 3 rings (SSSR count). The van der Waals surface area contributed by atoms with E-state index in [9.17, 15) is 9.59 Å². The number of ketones is 2. The van der Waals surface area contributed by atoms with Gasteiger partial charge in [-0.15, -0.1) is 11.6 Å². The predicted octanol–water partition coefficient (Wildman–Crippen LogP) is 2.40. The monoisotopic (exact) mass is 347 g/mol. The Bertz CT molecular complexity index is 721. The Balaban J connectivity index is 1.98. The molecule has 5 heteroatoms. The molecule has 0 spiro atoms. The van der Waals surface area contributed by atoms with E-state index in [4.69, 9.17) is 16.6 Å². The van der Waals surface area contributed by atoms with Crippen LogP contribution in [0, 0.1) is 0 Å². The summed E-state index contributed by atoms with van der Waals surface area (Å²) in [5.41, 5.74) is 1.10. The fourth-order valence-electron chi connectivity index (χ4n) is 4.28. The number of hydrogen-bond acceptors (Lipinski definition) is 3. The van der Waals surface area contributed by atoms with E-state index in [0.717, 1.165) is 12.8 Å². The maximum atomic E-state index is 12.8. The van der Waals surface area contributed by atoms with Crippen LogP contribution >= 0.6 is 11.6 Å². The minimum Gasteiger partial charge on any atom is -0.337 e. The lowest BCUT2D eigenvalue weighted by atomic mass is 9.79. The molecule has 1 fully saturated rings. The molecular formula is C19H24ClN2O2+. The minimum absolute atomic E-state index is 0.00161. The number of nitrogens with zero attached hydrogens (tertiary/aromatic N) is 1. The van der Waals surface area contributed by atoms with Crippen LogP contribution < -0.4 is 5.32 Å². The highest BCUT2D eigenvalue weighted by Crippen LogP contribution is 2.28. The summed E-state index contributed by atoms with van der Waals surface area (Å²) in [6.07, 6.45) is 1.71. The standard InChI is InChI=1S/C19H23ClN2O2/c1-18(2)9-11(10-19(3,4)22-18)21-15-14(20)16(23)12-7-5-6-8-13(12)17(15)24/h5-8,11,14,22H,9-10H2,1-4H3/p+1. The Morgan fingerprint density at radius 1 is 1.04 bits per heavy atom. The fourth-order valence-corrected chi connectivity index (χ4v) is 4.56. The zero-order valence-electron chi connectivity index (χ0n) is 14.6. The van der Waals surface area contributed by atoms with Gasteiger partial charge in [0, 0.05) is 24.0 Å². The summed E-state index contributed by atoms with van der Waals surface area (Å²) in [7, 11) is 0. The number of alkyl halides is 1. The molecule has 0 radical (unpaired) electrons. The number of carbonyl (C=O) groups is 2. The van der Waals surface area contributed by atoms with E-state index in [1.54, 1.807) is 24.3 Å². The molecule has 1 saturated heterocycles. The van der Waals surface area contributed by atoms with Gasteiger partial charge in [-0.1, -0.05) is 24.3 Å². The molecule has 1 aromatic carbocycles. The van der Waals surface area contributed by atoms with Crippen LogP contribution in [-0.4, -0.2) is 39.8 Å². The van der Waals surface area contributed by atoms with Gasteiger partial charge >= 0.3 is 0 Å². The number of hydrogen-bond donors (Lipinski definition) is 1. The fraction of sp³-hybridized carbons (Fsp3) is 0.526. The second kappa shape index (κ2) is 5.78. The first-order chi connectivity index (χ1) is 11.1. The normalized spacial score (nSPS) is 28.0. The molecule has 1 aliphatic heterocycles. The molecule has 128 valence electrons. The number of rotatable bonds is 1. The smallest absolute Gasteiger partial charge is 0.209 e. The molecule has 1 aromatic rings. The summed E-state index contributed by atoms with van der Waals surface area (Å²) in [4.78, 5) is 30.0. The van der Waals surface area contributed by atoms with Crippen LogP contribution in [0.4, 0.5) is 0 Å². The zero-order chi connectivity index (χ0) is 17.7. The Morgan fingerprint density at radius 3 is 2.17 bits per heavy atom. The van der Waals surface area contributed by atoms with Crippen molar-refractivity contribution in [1.82, 2.24) is 0 Å². The first-order valence-corrected chi connectivity index (χ1v) is 8.80. The van der Waals surface area contributed by atoms with E-state index in [2.05, 4.69) is 33.0 Å². The third kappa shape index (κ3) is 3.17. The molecule has 0 bridgehead atoms. The highest BCUT2D eigenvalue weighted by Gasteiger charge is 2.43. The van der Waals surface area contributed by atoms with Crippen molar-refractivity contribution < 1.29 is 14.9 Å². The van der Waals surface area contributed by atoms with Crippen LogP contribution in [0.3, 0.4) is 0 Å². The Morgan fingerprint density at radius 2 is 1.58 bits per heavy atom. The summed E-state index contributed by atoms with van der Waals surface area (Å²) in [6.45, 7) is 8.73. The molecular weight excluding hydrogens is 324 g/mol. The summed E-state index contributed by atoms with van der Waals surface area (Å²) in [5, 5.41) is 1.38. The molecule has 2 aliphatic rings. The van der Waals surface area contributed by atoms with E-state index in [1.165, 1.54) is 0 Å². The van der Waals surface area contributed by atoms with Crippen molar-refractivity contribution in [3.05, 3.63) is 35.4 Å². The topological polar surface area (TPSA) is 63.1 Å². The van der Waals surface area contributed by atoms with Crippen molar-refractivity contribution in [3.8, 4) is 0 Å². The Labute approximate surface area is 147 Å². The Hall–Kier alpha value is -1.52. The van der Waals surface area contributed by atoms with Gasteiger partial charge in [0.25, 0.3) is 0 Å². The van der Waals surface area contributed by atoms with Gasteiger partial charge in [0.15, 0.2) is 5.78 Å². The van der Waals surface area contributed by atoms with Gasteiger partial charge in [0.1, 0.15) is 11.1 Å². The number of quaternary nitrogens is 1. The van der Waals surface area contributed by atoms with Crippen molar-refractivity contribution in [1.29, 1.82) is 0 Å². The summed E-state index contributed by atoms with van der Waals surface area (Å²) in [6, 6.07) is 6.84. The number of aliphatic imine (C=N–C) groups is 1. The quantitative estimate of drug-likeness (QED) is 0.793. The van der Waals surface area contributed by atoms with Crippen LogP contribution in [0.1, 0.15) is 61.3 Å². The number of halogens is 1. The molecule has 2 N–H and O–H groups in total. The van der Waals surface area contributed by atoms with Crippen LogP contribution in [0.15, 0.2) is 29.3 Å². The van der Waals surface area contributed by atoms with Gasteiger partial charge in [-0.25, -0.2) is 0 Å². The average molecular weight is 348 g/mol. The van der Waals surface area contributed by atoms with Crippen molar-refractivity contribution in [2.45, 2.75) is 63.0 Å². The molecule has 0 saturated carbocycles. The third-order valence-corrected chi connectivity index (χ3v) is 5.17. The number of Topliss-reactive ketones (excluding diaryl/α,β-unsaturated/α-hetero) is 2. The van der Waals surface area contributed by atoms with Gasteiger partial charge < -0.3 is 5.32 Å². The van der Waals surface area contributed by atoms with Gasteiger partial charge in [-0.2, -0.15) is 0 Å². The maximum absolute atomic E-state index is 12.8. The number of carbonyl (C=O) groups excluding carboxylic acids is 2. The first kappa shape index (κ1) is 17.3. The van der Waals surface area contributed by atoms with Crippen LogP contribution in [-0.2, 0) is 0 Å². The second-order valence-electron chi connectivity index (χ2n) is 8.30. The van der Waals surface area contributed by atoms with Gasteiger partial charge in [-0.3, -0.25) is 14.6 Å². The van der Waals surface area contributed by atoms with E-state index < -0.39 is 5.38 Å². The SMILES string of the molecule is CC1(C)CC(N=C2C(=O)c3ccccc3C(=O)C2Cl)CC(C)(C)[NH2+]1. The van der Waals surface area contributed by atoms with Crippen LogP contribution in [0.2, 0.25) is 0 Å². The van der Waals surface area contributed by atoms with Crippen molar-refractivity contribution in [3.63, 3.8) is 0 Å². The zero-order valence-corrected chi connectivity index (χ0v) is 15.4. The van der Waals surface area contributed by atoms with E-state index in [1.807, 2.05) is 0 Å². The second-order valence-corrected chi connectivity index (χ2v) is 8.74. The number of nitrogens with two attached hydrogens (primary N) is 1. The van der Waals surface area contributed by atoms with E-state index in [-0.39, 0.29) is 34.4 Å². The lowest BCUT2D eigenvalue weighted by Gasteiger charge is -2.42. The number of fused-ring (bicyclic) bond motifs is 1. The average Bonchev–Trinajstić information content (AvgIpc) is 2.46. The summed E-state index contributed by atoms with van der Waals surface area (Å²) >= 11 is 6.31. The molecule has 1 unspecified atom stereocenters. The van der Waals surface area contributed by atoms with Crippen molar-refractivity contribution in [2.24, 2.45) is 4.99 Å². The third-order valence-electron chi connectivity index (χ3n) is 4.77. The van der Waals surface area contributed by atoms with Crippen molar-refractivity contribution in [2.75, 3.05) is 0 Å². The number of benzene rings is 1. The maximum Gasteiger partial charge on any atom is 0.209 e. The molecule has 0 amide bonds. The number of piperidine rings is 1. The largest absolute Gasteiger partial charge is 0.337 e. The molecule has 24 heavy (non-hydrogen) atoms. The molecule has 4 nitrogen and oxygen atoms in total. The van der Waals surface area contributed by atoms with E-state index >= 15 is 0 Å². The molecule has 0 aromatic heterocycles. The van der Waals surface area contributed by atoms with Crippen LogP contribution in [0.5, 0.6) is 0 Å². The lowest BCUT2D eigenvalue weighted by Crippen LogP contribution is -3.05. The predicted molar refractivity (Wildman–Crippen MR) is 95.3 cm³/mol. The van der Waals surface area contributed by atoms with Crippen molar-refractivity contribution >= 4 is 28.9 Å². The van der Waals surface area contributed by atoms with Crippen LogP contribution in [0.25, 0.3) is 0 Å². The Kier molecular flexibility index (Phi) is 4.17. The highest BCUT2D eigenvalue weighted by atomic mass is 35.5. The minimum atomic E-state index is -0.982. The first-order valence-electron chi connectivity index (χ1n) is 8.36. The van der Waals surface area contributed by atoms with Gasteiger partial charge in [0.05, 0.1) is 17.1 Å².